The highest BCUT2D eigenvalue weighted by Crippen LogP contribution is 2.22. The highest BCUT2D eigenvalue weighted by molar-refractivity contribution is 7.10. The summed E-state index contributed by atoms with van der Waals surface area (Å²) in [4.78, 5) is 15.0. The van der Waals surface area contributed by atoms with Crippen LogP contribution in [0.15, 0.2) is 17.5 Å². The van der Waals surface area contributed by atoms with Gasteiger partial charge in [-0.25, -0.2) is 0 Å². The van der Waals surface area contributed by atoms with E-state index >= 15 is 0 Å². The number of thiophene rings is 1. The van der Waals surface area contributed by atoms with E-state index in [4.69, 9.17) is 0 Å². The summed E-state index contributed by atoms with van der Waals surface area (Å²) in [5.41, 5.74) is 0. The van der Waals surface area contributed by atoms with Gasteiger partial charge in [0.25, 0.3) is 0 Å². The number of hydrogen-bond donors (Lipinski definition) is 1. The van der Waals surface area contributed by atoms with Gasteiger partial charge in [0.2, 0.25) is 5.91 Å². The van der Waals surface area contributed by atoms with E-state index in [9.17, 15) is 4.79 Å². The molecule has 96 valence electrons. The fraction of sp³-hybridized carbons (Fsp3) is 0.615. The predicted molar refractivity (Wildman–Crippen MR) is 73.3 cm³/mol. The lowest BCUT2D eigenvalue weighted by molar-refractivity contribution is -0.122. The quantitative estimate of drug-likeness (QED) is 0.759. The van der Waals surface area contributed by atoms with E-state index in [1.165, 1.54) is 4.88 Å². The lowest BCUT2D eigenvalue weighted by Crippen LogP contribution is -2.36. The van der Waals surface area contributed by atoms with Gasteiger partial charge in [0.1, 0.15) is 0 Å². The standard InChI is InChI=1S/C13H22N2OS/c1-4-5-8-14-13(16)10-15(3)11(2)12-7-6-9-17-12/h6-7,9,11H,4-5,8,10H2,1-3H3,(H,14,16). The number of unbranched alkanes of at least 4 members (excludes halogenated alkanes) is 1. The molecular formula is C13H22N2OS. The first-order chi connectivity index (χ1) is 8.15. The molecule has 0 radical (unpaired) electrons. The van der Waals surface area contributed by atoms with Crippen molar-refractivity contribution in [2.75, 3.05) is 20.1 Å². The molecule has 3 nitrogen and oxygen atoms in total. The molecule has 1 unspecified atom stereocenters. The lowest BCUT2D eigenvalue weighted by atomic mass is 10.2. The third kappa shape index (κ3) is 4.88. The summed E-state index contributed by atoms with van der Waals surface area (Å²) in [7, 11) is 1.99. The normalized spacial score (nSPS) is 12.7. The van der Waals surface area contributed by atoms with Crippen molar-refractivity contribution in [2.45, 2.75) is 32.7 Å². The summed E-state index contributed by atoms with van der Waals surface area (Å²) >= 11 is 1.73. The predicted octanol–water partition coefficient (Wildman–Crippen LogP) is 2.66. The Bertz CT molecular complexity index is 324. The maximum absolute atomic E-state index is 11.7. The lowest BCUT2D eigenvalue weighted by Gasteiger charge is -2.23. The Morgan fingerprint density at radius 2 is 2.35 bits per heavy atom. The molecule has 0 aliphatic rings. The highest BCUT2D eigenvalue weighted by atomic mass is 32.1. The number of likely N-dealkylation sites (N-methyl/N-ethyl adjacent to an activating group) is 1. The third-order valence-electron chi connectivity index (χ3n) is 2.86. The largest absolute Gasteiger partial charge is 0.355 e. The maximum atomic E-state index is 11.7. The molecule has 0 saturated carbocycles. The third-order valence-corrected chi connectivity index (χ3v) is 3.90. The van der Waals surface area contributed by atoms with Gasteiger partial charge >= 0.3 is 0 Å². The van der Waals surface area contributed by atoms with Crippen LogP contribution in [-0.4, -0.2) is 30.9 Å². The van der Waals surface area contributed by atoms with Crippen molar-refractivity contribution < 1.29 is 4.79 Å². The van der Waals surface area contributed by atoms with E-state index in [0.29, 0.717) is 12.6 Å². The molecule has 1 rings (SSSR count). The molecule has 1 aromatic heterocycles. The highest BCUT2D eigenvalue weighted by Gasteiger charge is 2.14. The van der Waals surface area contributed by atoms with Crippen molar-refractivity contribution in [1.82, 2.24) is 10.2 Å². The number of hydrogen-bond acceptors (Lipinski definition) is 3. The summed E-state index contributed by atoms with van der Waals surface area (Å²) in [6, 6.07) is 4.46. The number of rotatable bonds is 7. The van der Waals surface area contributed by atoms with Crippen molar-refractivity contribution in [1.29, 1.82) is 0 Å². The SMILES string of the molecule is CCCCNC(=O)CN(C)C(C)c1cccs1. The monoisotopic (exact) mass is 254 g/mol. The smallest absolute Gasteiger partial charge is 0.234 e. The zero-order valence-corrected chi connectivity index (χ0v) is 11.7. The fourth-order valence-electron chi connectivity index (χ4n) is 1.57. The van der Waals surface area contributed by atoms with Gasteiger partial charge in [-0.3, -0.25) is 9.69 Å². The molecule has 0 aliphatic heterocycles. The molecule has 0 aliphatic carbocycles. The molecule has 17 heavy (non-hydrogen) atoms. The first-order valence-electron chi connectivity index (χ1n) is 6.15. The van der Waals surface area contributed by atoms with Crippen molar-refractivity contribution in [2.24, 2.45) is 0 Å². The summed E-state index contributed by atoms with van der Waals surface area (Å²) < 4.78 is 0. The van der Waals surface area contributed by atoms with Gasteiger partial charge in [-0.1, -0.05) is 19.4 Å². The maximum Gasteiger partial charge on any atom is 0.234 e. The minimum Gasteiger partial charge on any atom is -0.355 e. The van der Waals surface area contributed by atoms with Crippen molar-refractivity contribution in [3.05, 3.63) is 22.4 Å². The van der Waals surface area contributed by atoms with Crippen LogP contribution in [0.5, 0.6) is 0 Å². The molecule has 0 fully saturated rings. The first kappa shape index (κ1) is 14.2. The van der Waals surface area contributed by atoms with E-state index in [0.717, 1.165) is 19.4 Å². The second-order valence-electron chi connectivity index (χ2n) is 4.31. The molecule has 1 N–H and O–H groups in total. The van der Waals surface area contributed by atoms with Gasteiger partial charge in [0.05, 0.1) is 6.54 Å². The summed E-state index contributed by atoms with van der Waals surface area (Å²) in [6.45, 7) is 5.50. The van der Waals surface area contributed by atoms with E-state index in [2.05, 4.69) is 35.5 Å². The Morgan fingerprint density at radius 3 is 2.94 bits per heavy atom. The van der Waals surface area contributed by atoms with Crippen LogP contribution in [0.2, 0.25) is 0 Å². The molecule has 1 aromatic rings. The number of carbonyl (C=O) groups is 1. The molecule has 0 aromatic carbocycles. The second-order valence-corrected chi connectivity index (χ2v) is 5.29. The molecule has 1 atom stereocenters. The summed E-state index contributed by atoms with van der Waals surface area (Å²) in [5, 5.41) is 5.01. The van der Waals surface area contributed by atoms with Crippen LogP contribution in [-0.2, 0) is 4.79 Å². The van der Waals surface area contributed by atoms with E-state index in [1.54, 1.807) is 11.3 Å². The Kier molecular flexibility index (Phi) is 6.22. The second kappa shape index (κ2) is 7.45. The van der Waals surface area contributed by atoms with Gasteiger partial charge in [0, 0.05) is 17.5 Å². The Labute approximate surface area is 108 Å². The number of amides is 1. The van der Waals surface area contributed by atoms with E-state index in [-0.39, 0.29) is 5.91 Å². The molecule has 1 amide bonds. The van der Waals surface area contributed by atoms with Crippen LogP contribution in [0.3, 0.4) is 0 Å². The molecular weight excluding hydrogens is 232 g/mol. The van der Waals surface area contributed by atoms with Gasteiger partial charge in [-0.05, 0) is 31.8 Å². The van der Waals surface area contributed by atoms with Crippen LogP contribution < -0.4 is 5.32 Å². The average Bonchev–Trinajstić information content (AvgIpc) is 2.81. The van der Waals surface area contributed by atoms with Gasteiger partial charge < -0.3 is 5.32 Å². The first-order valence-corrected chi connectivity index (χ1v) is 7.03. The Morgan fingerprint density at radius 1 is 1.59 bits per heavy atom. The fourth-order valence-corrected chi connectivity index (χ4v) is 2.42. The van der Waals surface area contributed by atoms with Gasteiger partial charge in [0.15, 0.2) is 0 Å². The summed E-state index contributed by atoms with van der Waals surface area (Å²) in [5.74, 6) is 0.115. The van der Waals surface area contributed by atoms with Crippen LogP contribution in [0.25, 0.3) is 0 Å². The number of nitrogens with zero attached hydrogens (tertiary/aromatic N) is 1. The van der Waals surface area contributed by atoms with Crippen molar-refractivity contribution >= 4 is 17.2 Å². The summed E-state index contributed by atoms with van der Waals surface area (Å²) in [6.07, 6.45) is 2.16. The van der Waals surface area contributed by atoms with E-state index < -0.39 is 0 Å². The molecule has 4 heteroatoms. The van der Waals surface area contributed by atoms with Crippen molar-refractivity contribution in [3.63, 3.8) is 0 Å². The Hall–Kier alpha value is -0.870. The molecule has 0 bridgehead atoms. The molecule has 0 spiro atoms. The minimum absolute atomic E-state index is 0.115. The van der Waals surface area contributed by atoms with Crippen molar-refractivity contribution in [3.8, 4) is 0 Å². The number of nitrogens with one attached hydrogen (secondary N) is 1. The van der Waals surface area contributed by atoms with Gasteiger partial charge in [-0.15, -0.1) is 11.3 Å². The minimum atomic E-state index is 0.115. The molecule has 0 saturated heterocycles. The molecule has 1 heterocycles. The van der Waals surface area contributed by atoms with Gasteiger partial charge in [-0.2, -0.15) is 0 Å². The van der Waals surface area contributed by atoms with Crippen LogP contribution in [0.4, 0.5) is 0 Å². The topological polar surface area (TPSA) is 32.3 Å². The van der Waals surface area contributed by atoms with Crippen LogP contribution in [0.1, 0.15) is 37.6 Å². The Balaban J connectivity index is 2.33. The van der Waals surface area contributed by atoms with Crippen LogP contribution >= 0.6 is 11.3 Å². The average molecular weight is 254 g/mol. The zero-order chi connectivity index (χ0) is 12.7. The number of carbonyl (C=O) groups excluding carboxylic acids is 1. The van der Waals surface area contributed by atoms with Crippen LogP contribution in [0, 0.1) is 0 Å². The zero-order valence-electron chi connectivity index (χ0n) is 10.9. The van der Waals surface area contributed by atoms with E-state index in [1.807, 2.05) is 13.1 Å².